The smallest absolute Gasteiger partial charge is 0.241 e. The molecule has 9 heteroatoms. The minimum atomic E-state index is -0.214. The van der Waals surface area contributed by atoms with Gasteiger partial charge in [-0.15, -0.1) is 20.4 Å². The Kier molecular flexibility index (Phi) is 5.45. The van der Waals surface area contributed by atoms with Crippen LogP contribution in [-0.4, -0.2) is 43.8 Å². The summed E-state index contributed by atoms with van der Waals surface area (Å²) < 4.78 is 5.49. The third kappa shape index (κ3) is 4.26. The van der Waals surface area contributed by atoms with E-state index >= 15 is 0 Å². The van der Waals surface area contributed by atoms with Gasteiger partial charge >= 0.3 is 0 Å². The van der Waals surface area contributed by atoms with Crippen LogP contribution in [-0.2, 0) is 11.3 Å². The van der Waals surface area contributed by atoms with Crippen LogP contribution in [0.3, 0.4) is 0 Å². The molecule has 1 atom stereocenters. The van der Waals surface area contributed by atoms with Crippen LogP contribution in [0.5, 0.6) is 0 Å². The fraction of sp³-hybridized carbons (Fsp3) is 0.421. The Morgan fingerprint density at radius 2 is 2.14 bits per heavy atom. The molecule has 1 aromatic carbocycles. The van der Waals surface area contributed by atoms with Gasteiger partial charge in [0.05, 0.1) is 12.6 Å². The van der Waals surface area contributed by atoms with E-state index in [4.69, 9.17) is 4.42 Å². The molecule has 4 rings (SSSR count). The zero-order valence-corrected chi connectivity index (χ0v) is 16.7. The molecular weight excluding hydrogens is 376 g/mol. The average Bonchev–Trinajstić information content (AvgIpc) is 3.30. The maximum Gasteiger partial charge on any atom is 0.241 e. The second kappa shape index (κ2) is 8.15. The highest BCUT2D eigenvalue weighted by atomic mass is 32.1. The zero-order chi connectivity index (χ0) is 19.5. The molecule has 1 amide bonds. The Morgan fingerprint density at radius 3 is 2.89 bits per heavy atom. The Labute approximate surface area is 167 Å². The molecule has 146 valence electrons. The minimum Gasteiger partial charge on any atom is -0.424 e. The summed E-state index contributed by atoms with van der Waals surface area (Å²) in [6.07, 6.45) is 2.90. The number of rotatable bonds is 5. The standard InChI is InChI=1S/C19H22N6O2S/c1-12-21-23-17(27-12)11-25-9-4-3-8-16(25)18(26)20-15-7-5-6-14(10-15)19-24-22-13(2)28-19/h5-7,10,16H,3-4,8-9,11H2,1-2H3,(H,20,26)/t16-/m1/s1. The molecule has 0 radical (unpaired) electrons. The third-order valence-corrected chi connectivity index (χ3v) is 5.61. The molecule has 1 aliphatic heterocycles. The van der Waals surface area contributed by atoms with Gasteiger partial charge in [0.1, 0.15) is 10.0 Å². The summed E-state index contributed by atoms with van der Waals surface area (Å²) in [6, 6.07) is 7.51. The number of benzene rings is 1. The quantitative estimate of drug-likeness (QED) is 0.705. The van der Waals surface area contributed by atoms with E-state index in [1.807, 2.05) is 31.2 Å². The summed E-state index contributed by atoms with van der Waals surface area (Å²) in [4.78, 5) is 15.1. The number of hydrogen-bond acceptors (Lipinski definition) is 8. The maximum absolute atomic E-state index is 13.0. The van der Waals surface area contributed by atoms with Gasteiger partial charge < -0.3 is 9.73 Å². The van der Waals surface area contributed by atoms with Gasteiger partial charge in [0.15, 0.2) is 0 Å². The number of nitrogens with zero attached hydrogens (tertiary/aromatic N) is 5. The van der Waals surface area contributed by atoms with Crippen molar-refractivity contribution in [2.75, 3.05) is 11.9 Å². The minimum absolute atomic E-state index is 0.0125. The Hall–Kier alpha value is -2.65. The van der Waals surface area contributed by atoms with Gasteiger partial charge in [-0.25, -0.2) is 0 Å². The zero-order valence-electron chi connectivity index (χ0n) is 15.9. The second-order valence-electron chi connectivity index (χ2n) is 6.89. The van der Waals surface area contributed by atoms with E-state index in [-0.39, 0.29) is 11.9 Å². The Bertz CT molecular complexity index is 969. The number of carbonyl (C=O) groups is 1. The van der Waals surface area contributed by atoms with Crippen LogP contribution in [0.25, 0.3) is 10.6 Å². The molecule has 3 aromatic rings. The fourth-order valence-electron chi connectivity index (χ4n) is 3.42. The van der Waals surface area contributed by atoms with Crippen molar-refractivity contribution in [3.63, 3.8) is 0 Å². The summed E-state index contributed by atoms with van der Waals surface area (Å²) in [7, 11) is 0. The van der Waals surface area contributed by atoms with Gasteiger partial charge in [0.2, 0.25) is 17.7 Å². The lowest BCUT2D eigenvalue weighted by Crippen LogP contribution is -2.46. The van der Waals surface area contributed by atoms with E-state index in [1.54, 1.807) is 6.92 Å². The molecule has 3 heterocycles. The molecule has 1 saturated heterocycles. The van der Waals surface area contributed by atoms with E-state index in [1.165, 1.54) is 11.3 Å². The van der Waals surface area contributed by atoms with Gasteiger partial charge in [0.25, 0.3) is 0 Å². The Balaban J connectivity index is 1.47. The van der Waals surface area contributed by atoms with Crippen molar-refractivity contribution in [2.24, 2.45) is 0 Å². The van der Waals surface area contributed by atoms with Crippen molar-refractivity contribution < 1.29 is 9.21 Å². The van der Waals surface area contributed by atoms with Crippen LogP contribution in [0.4, 0.5) is 5.69 Å². The molecule has 28 heavy (non-hydrogen) atoms. The topological polar surface area (TPSA) is 97.0 Å². The van der Waals surface area contributed by atoms with E-state index in [0.29, 0.717) is 18.3 Å². The summed E-state index contributed by atoms with van der Waals surface area (Å²) >= 11 is 1.53. The maximum atomic E-state index is 13.0. The molecule has 0 unspecified atom stereocenters. The van der Waals surface area contributed by atoms with Crippen LogP contribution in [0.1, 0.15) is 36.1 Å². The lowest BCUT2D eigenvalue weighted by molar-refractivity contribution is -0.122. The van der Waals surface area contributed by atoms with Crippen LogP contribution in [0, 0.1) is 13.8 Å². The monoisotopic (exact) mass is 398 g/mol. The summed E-state index contributed by atoms with van der Waals surface area (Å²) in [6.45, 7) is 5.02. The molecule has 1 aliphatic rings. The predicted octanol–water partition coefficient (Wildman–Crippen LogP) is 3.20. The molecule has 0 aliphatic carbocycles. The van der Waals surface area contributed by atoms with Crippen molar-refractivity contribution in [2.45, 2.75) is 45.7 Å². The first kappa shape index (κ1) is 18.7. The largest absolute Gasteiger partial charge is 0.424 e. The van der Waals surface area contributed by atoms with Crippen LogP contribution < -0.4 is 5.32 Å². The lowest BCUT2D eigenvalue weighted by Gasteiger charge is -2.33. The highest BCUT2D eigenvalue weighted by molar-refractivity contribution is 7.14. The number of piperidine rings is 1. The first-order chi connectivity index (χ1) is 13.6. The van der Waals surface area contributed by atoms with Gasteiger partial charge in [-0.1, -0.05) is 29.9 Å². The molecule has 1 N–H and O–H groups in total. The molecule has 0 saturated carbocycles. The number of aryl methyl sites for hydroxylation is 2. The van der Waals surface area contributed by atoms with Crippen molar-refractivity contribution in [1.29, 1.82) is 0 Å². The SMILES string of the molecule is Cc1nnc(CN2CCCC[C@@H]2C(=O)Nc2cccc(-c3nnc(C)s3)c2)o1. The number of hydrogen-bond donors (Lipinski definition) is 1. The molecule has 0 bridgehead atoms. The van der Waals surface area contributed by atoms with E-state index in [2.05, 4.69) is 30.6 Å². The van der Waals surface area contributed by atoms with Gasteiger partial charge in [-0.3, -0.25) is 9.69 Å². The molecule has 1 fully saturated rings. The normalized spacial score (nSPS) is 17.6. The molecule has 8 nitrogen and oxygen atoms in total. The fourth-order valence-corrected chi connectivity index (χ4v) is 4.11. The summed E-state index contributed by atoms with van der Waals surface area (Å²) in [5.74, 6) is 1.07. The van der Waals surface area contributed by atoms with Gasteiger partial charge in [-0.05, 0) is 38.4 Å². The van der Waals surface area contributed by atoms with E-state index in [0.717, 1.165) is 47.1 Å². The summed E-state index contributed by atoms with van der Waals surface area (Å²) in [5.41, 5.74) is 1.71. The van der Waals surface area contributed by atoms with E-state index in [9.17, 15) is 4.79 Å². The number of likely N-dealkylation sites (tertiary alicyclic amines) is 1. The number of amides is 1. The van der Waals surface area contributed by atoms with E-state index < -0.39 is 0 Å². The third-order valence-electron chi connectivity index (χ3n) is 4.73. The van der Waals surface area contributed by atoms with Gasteiger partial charge in [-0.2, -0.15) is 0 Å². The highest BCUT2D eigenvalue weighted by Gasteiger charge is 2.30. The number of carbonyl (C=O) groups excluding carboxylic acids is 1. The van der Waals surface area contributed by atoms with Crippen molar-refractivity contribution >= 4 is 22.9 Å². The first-order valence-corrected chi connectivity index (χ1v) is 10.1. The Morgan fingerprint density at radius 1 is 1.25 bits per heavy atom. The van der Waals surface area contributed by atoms with Gasteiger partial charge in [0, 0.05) is 18.2 Å². The lowest BCUT2D eigenvalue weighted by atomic mass is 10.0. The molecular formula is C19H22N6O2S. The number of nitrogens with one attached hydrogen (secondary N) is 1. The van der Waals surface area contributed by atoms with Crippen molar-refractivity contribution in [3.05, 3.63) is 41.1 Å². The first-order valence-electron chi connectivity index (χ1n) is 9.33. The molecule has 0 spiro atoms. The van der Waals surface area contributed by atoms with Crippen LogP contribution in [0.15, 0.2) is 28.7 Å². The average molecular weight is 398 g/mol. The highest BCUT2D eigenvalue weighted by Crippen LogP contribution is 2.26. The molecule has 2 aromatic heterocycles. The summed E-state index contributed by atoms with van der Waals surface area (Å²) in [5, 5.41) is 21.0. The number of aromatic nitrogens is 4. The van der Waals surface area contributed by atoms with Crippen LogP contribution in [0.2, 0.25) is 0 Å². The van der Waals surface area contributed by atoms with Crippen molar-refractivity contribution in [1.82, 2.24) is 25.3 Å². The second-order valence-corrected chi connectivity index (χ2v) is 8.07. The van der Waals surface area contributed by atoms with Crippen LogP contribution >= 0.6 is 11.3 Å². The van der Waals surface area contributed by atoms with Crippen molar-refractivity contribution in [3.8, 4) is 10.6 Å². The predicted molar refractivity (Wildman–Crippen MR) is 106 cm³/mol. The number of anilines is 1.